The van der Waals surface area contributed by atoms with Crippen molar-refractivity contribution in [1.29, 1.82) is 0 Å². The average Bonchev–Trinajstić information content (AvgIpc) is 2.73. The Morgan fingerprint density at radius 2 is 2.14 bits per heavy atom. The van der Waals surface area contributed by atoms with Crippen molar-refractivity contribution in [2.24, 2.45) is 5.92 Å². The van der Waals surface area contributed by atoms with Gasteiger partial charge < -0.3 is 15.0 Å². The number of thioether (sulfide) groups is 1. The molecular weight excluding hydrogens is 384 g/mol. The number of aryl methyl sites for hydroxylation is 1. The number of ether oxygens (including phenoxy) is 1. The van der Waals surface area contributed by atoms with E-state index in [1.165, 1.54) is 5.56 Å². The zero-order valence-corrected chi connectivity index (χ0v) is 18.5. The first-order chi connectivity index (χ1) is 14.0. The third kappa shape index (κ3) is 5.43. The summed E-state index contributed by atoms with van der Waals surface area (Å²) in [6.45, 7) is 6.07. The molecular formula is C23H32N2O3S. The second-order valence-corrected chi connectivity index (χ2v) is 9.14. The summed E-state index contributed by atoms with van der Waals surface area (Å²) >= 11 is 1.69. The molecule has 6 heteroatoms. The van der Waals surface area contributed by atoms with Crippen LogP contribution in [-0.4, -0.2) is 54.8 Å². The fraction of sp³-hybridized carbons (Fsp3) is 0.565. The maximum Gasteiger partial charge on any atom is 0.260 e. The molecule has 3 atom stereocenters. The monoisotopic (exact) mass is 416 g/mol. The van der Waals surface area contributed by atoms with Crippen LogP contribution in [0.5, 0.6) is 0 Å². The molecule has 0 bridgehead atoms. The largest absolute Gasteiger partial charge is 0.382 e. The molecule has 1 heterocycles. The quantitative estimate of drug-likeness (QED) is 0.545. The third-order valence-corrected chi connectivity index (χ3v) is 7.28. The molecule has 1 saturated carbocycles. The highest BCUT2D eigenvalue weighted by Gasteiger charge is 2.42. The molecule has 2 fully saturated rings. The molecule has 2 amide bonds. The maximum absolute atomic E-state index is 13.0. The Morgan fingerprint density at radius 1 is 1.34 bits per heavy atom. The van der Waals surface area contributed by atoms with Gasteiger partial charge in [0.05, 0.1) is 4.91 Å². The predicted molar refractivity (Wildman–Crippen MR) is 119 cm³/mol. The van der Waals surface area contributed by atoms with Crippen LogP contribution in [0.3, 0.4) is 0 Å². The number of nitrogens with zero attached hydrogens (tertiary/aromatic N) is 1. The van der Waals surface area contributed by atoms with Gasteiger partial charge >= 0.3 is 0 Å². The smallest absolute Gasteiger partial charge is 0.260 e. The van der Waals surface area contributed by atoms with E-state index < -0.39 is 0 Å². The Morgan fingerprint density at radius 3 is 2.90 bits per heavy atom. The minimum Gasteiger partial charge on any atom is -0.382 e. The lowest BCUT2D eigenvalue weighted by atomic mass is 9.83. The van der Waals surface area contributed by atoms with E-state index in [1.807, 2.05) is 37.1 Å². The molecule has 1 saturated heterocycles. The lowest BCUT2D eigenvalue weighted by molar-refractivity contribution is -0.131. The second-order valence-electron chi connectivity index (χ2n) is 7.86. The molecule has 1 aromatic rings. The lowest BCUT2D eigenvalue weighted by Gasteiger charge is -2.44. The van der Waals surface area contributed by atoms with E-state index in [0.717, 1.165) is 36.2 Å². The number of hydrogen-bond donors (Lipinski definition) is 1. The Labute approximate surface area is 178 Å². The molecule has 1 aliphatic carbocycles. The first-order valence-corrected chi connectivity index (χ1v) is 11.5. The van der Waals surface area contributed by atoms with Crippen molar-refractivity contribution < 1.29 is 14.3 Å². The van der Waals surface area contributed by atoms with Gasteiger partial charge in [0, 0.05) is 44.0 Å². The van der Waals surface area contributed by atoms with E-state index in [4.69, 9.17) is 4.74 Å². The number of hydrogen-bond acceptors (Lipinski definition) is 4. The zero-order valence-electron chi connectivity index (χ0n) is 17.6. The summed E-state index contributed by atoms with van der Waals surface area (Å²) in [5.41, 5.74) is 2.26. The number of likely N-dealkylation sites (N-methyl/N-ethyl adjacent to an activating group) is 1. The molecule has 158 valence electrons. The molecule has 1 N–H and O–H groups in total. The Hall–Kier alpha value is -1.79. The average molecular weight is 417 g/mol. The van der Waals surface area contributed by atoms with Gasteiger partial charge in [-0.2, -0.15) is 0 Å². The molecule has 0 spiro atoms. The molecule has 2 aliphatic rings. The van der Waals surface area contributed by atoms with Gasteiger partial charge in [-0.3, -0.25) is 9.59 Å². The van der Waals surface area contributed by atoms with Gasteiger partial charge in [0.25, 0.3) is 5.91 Å². The molecule has 1 aromatic carbocycles. The number of benzene rings is 1. The molecule has 5 nitrogen and oxygen atoms in total. The van der Waals surface area contributed by atoms with Crippen LogP contribution in [0.4, 0.5) is 0 Å². The van der Waals surface area contributed by atoms with E-state index in [1.54, 1.807) is 11.8 Å². The normalized spacial score (nSPS) is 25.8. The van der Waals surface area contributed by atoms with Crippen molar-refractivity contribution >= 4 is 29.7 Å². The summed E-state index contributed by atoms with van der Waals surface area (Å²) < 4.78 is 5.31. The van der Waals surface area contributed by atoms with Gasteiger partial charge in [0.1, 0.15) is 0 Å². The highest BCUT2D eigenvalue weighted by atomic mass is 32.2. The summed E-state index contributed by atoms with van der Waals surface area (Å²) in [7, 11) is 1.88. The van der Waals surface area contributed by atoms with Crippen molar-refractivity contribution in [1.82, 2.24) is 10.2 Å². The van der Waals surface area contributed by atoms with Crippen molar-refractivity contribution in [3.8, 4) is 0 Å². The standard InChI is InChI=1S/C23H32N2O3S/c1-4-28-13-7-12-24-22(26)18-10-11-20-19(14-18)25(3)23(27)21(29-20)15-17-9-6-5-8-16(17)2/h5-6,8-9,15,18-20H,4,7,10-14H2,1-3H3,(H,24,26)/b21-15-. The maximum atomic E-state index is 13.0. The summed E-state index contributed by atoms with van der Waals surface area (Å²) in [6, 6.07) is 8.25. The van der Waals surface area contributed by atoms with E-state index in [2.05, 4.69) is 24.4 Å². The highest BCUT2D eigenvalue weighted by Crippen LogP contribution is 2.43. The summed E-state index contributed by atoms with van der Waals surface area (Å²) in [4.78, 5) is 28.2. The zero-order chi connectivity index (χ0) is 20.8. The fourth-order valence-corrected chi connectivity index (χ4v) is 5.57. The van der Waals surface area contributed by atoms with Crippen LogP contribution < -0.4 is 5.32 Å². The molecule has 3 rings (SSSR count). The van der Waals surface area contributed by atoms with Crippen LogP contribution in [0, 0.1) is 12.8 Å². The molecule has 0 aromatic heterocycles. The minimum absolute atomic E-state index is 0.0129. The van der Waals surface area contributed by atoms with Crippen molar-refractivity contribution in [2.75, 3.05) is 26.8 Å². The van der Waals surface area contributed by atoms with E-state index in [0.29, 0.717) is 25.0 Å². The van der Waals surface area contributed by atoms with Crippen molar-refractivity contribution in [3.05, 3.63) is 40.3 Å². The number of nitrogens with one attached hydrogen (secondary N) is 1. The van der Waals surface area contributed by atoms with Crippen LogP contribution in [0.2, 0.25) is 0 Å². The van der Waals surface area contributed by atoms with Gasteiger partial charge in [-0.25, -0.2) is 0 Å². The Balaban J connectivity index is 1.60. The Kier molecular flexibility index (Phi) is 7.78. The molecule has 0 radical (unpaired) electrons. The lowest BCUT2D eigenvalue weighted by Crippen LogP contribution is -2.52. The molecule has 1 aliphatic heterocycles. The first kappa shape index (κ1) is 21.9. The van der Waals surface area contributed by atoms with Crippen LogP contribution >= 0.6 is 11.8 Å². The van der Waals surface area contributed by atoms with Crippen LogP contribution in [0.25, 0.3) is 6.08 Å². The number of carbonyl (C=O) groups is 2. The van der Waals surface area contributed by atoms with Gasteiger partial charge in [0.2, 0.25) is 5.91 Å². The number of rotatable bonds is 7. The second kappa shape index (κ2) is 10.3. The SMILES string of the molecule is CCOCCCNC(=O)C1CCC2S/C(=C\c3ccccc3C)C(=O)N(C)C2C1. The van der Waals surface area contributed by atoms with E-state index >= 15 is 0 Å². The van der Waals surface area contributed by atoms with Gasteiger partial charge in [-0.05, 0) is 56.7 Å². The first-order valence-electron chi connectivity index (χ1n) is 10.6. The summed E-state index contributed by atoms with van der Waals surface area (Å²) in [6.07, 6.45) is 5.43. The number of carbonyl (C=O) groups excluding carboxylic acids is 2. The molecule has 3 unspecified atom stereocenters. The topological polar surface area (TPSA) is 58.6 Å². The minimum atomic E-state index is -0.0129. The van der Waals surface area contributed by atoms with Gasteiger partial charge in [-0.1, -0.05) is 24.3 Å². The van der Waals surface area contributed by atoms with Gasteiger partial charge in [0.15, 0.2) is 0 Å². The number of fused-ring (bicyclic) bond motifs is 1. The highest BCUT2D eigenvalue weighted by molar-refractivity contribution is 8.04. The van der Waals surface area contributed by atoms with E-state index in [9.17, 15) is 9.59 Å². The van der Waals surface area contributed by atoms with Crippen LogP contribution in [-0.2, 0) is 14.3 Å². The van der Waals surface area contributed by atoms with Gasteiger partial charge in [-0.15, -0.1) is 11.8 Å². The molecule has 29 heavy (non-hydrogen) atoms. The third-order valence-electron chi connectivity index (χ3n) is 5.88. The summed E-state index contributed by atoms with van der Waals surface area (Å²) in [5.74, 6) is 0.172. The number of amides is 2. The fourth-order valence-electron chi connectivity index (χ4n) is 4.10. The van der Waals surface area contributed by atoms with Crippen LogP contribution in [0.1, 0.15) is 43.7 Å². The van der Waals surface area contributed by atoms with Crippen molar-refractivity contribution in [3.63, 3.8) is 0 Å². The predicted octanol–water partition coefficient (Wildman–Crippen LogP) is 3.62. The van der Waals surface area contributed by atoms with E-state index in [-0.39, 0.29) is 23.8 Å². The van der Waals surface area contributed by atoms with Crippen LogP contribution in [0.15, 0.2) is 29.2 Å². The Bertz CT molecular complexity index is 764. The summed E-state index contributed by atoms with van der Waals surface area (Å²) in [5, 5.41) is 3.40. The van der Waals surface area contributed by atoms with Crippen molar-refractivity contribution in [2.45, 2.75) is 50.8 Å².